The predicted octanol–water partition coefficient (Wildman–Crippen LogP) is 2.08. The van der Waals surface area contributed by atoms with E-state index in [0.717, 1.165) is 25.0 Å². The van der Waals surface area contributed by atoms with E-state index in [1.807, 2.05) is 13.8 Å². The van der Waals surface area contributed by atoms with Crippen molar-refractivity contribution >= 4 is 16.1 Å². The fourth-order valence-electron chi connectivity index (χ4n) is 2.51. The Morgan fingerprint density at radius 3 is 2.75 bits per heavy atom. The van der Waals surface area contributed by atoms with Crippen LogP contribution in [0.1, 0.15) is 37.0 Å². The monoisotopic (exact) mass is 419 g/mol. The van der Waals surface area contributed by atoms with Crippen molar-refractivity contribution in [3.05, 3.63) is 29.6 Å². The number of ether oxygens (including phenoxy) is 4. The molecule has 158 valence electrons. The normalized spacial score (nSPS) is 18.2. The highest BCUT2D eigenvalue weighted by Gasteiger charge is 2.23. The lowest BCUT2D eigenvalue weighted by molar-refractivity contribution is -0.131. The van der Waals surface area contributed by atoms with Gasteiger partial charge in [0.2, 0.25) is 6.29 Å². The summed E-state index contributed by atoms with van der Waals surface area (Å²) in [4.78, 5) is 12.0. The van der Waals surface area contributed by atoms with Crippen molar-refractivity contribution in [3.8, 4) is 5.75 Å². The van der Waals surface area contributed by atoms with Crippen molar-refractivity contribution in [2.45, 2.75) is 39.1 Å². The Labute approximate surface area is 163 Å². The number of esters is 1. The van der Waals surface area contributed by atoms with Crippen LogP contribution in [0.2, 0.25) is 0 Å². The van der Waals surface area contributed by atoms with Crippen LogP contribution in [-0.2, 0) is 24.3 Å². The fourth-order valence-corrected chi connectivity index (χ4v) is 2.79. The van der Waals surface area contributed by atoms with E-state index in [9.17, 15) is 22.2 Å². The van der Waals surface area contributed by atoms with Crippen LogP contribution in [0.5, 0.6) is 5.75 Å². The molecule has 1 aromatic rings. The minimum atomic E-state index is -4.49. The molecule has 0 saturated carbocycles. The predicted molar refractivity (Wildman–Crippen MR) is 95.4 cm³/mol. The first-order valence-electron chi connectivity index (χ1n) is 8.96. The maximum absolute atomic E-state index is 14.1. The first kappa shape index (κ1) is 22.5. The van der Waals surface area contributed by atoms with Crippen molar-refractivity contribution in [3.63, 3.8) is 0 Å². The lowest BCUT2D eigenvalue weighted by Crippen LogP contribution is -2.30. The van der Waals surface area contributed by atoms with Gasteiger partial charge >= 0.3 is 5.97 Å². The Morgan fingerprint density at radius 2 is 2.14 bits per heavy atom. The summed E-state index contributed by atoms with van der Waals surface area (Å²) in [7, 11) is -4.49. The molecule has 0 bridgehead atoms. The summed E-state index contributed by atoms with van der Waals surface area (Å²) < 4.78 is 67.3. The third kappa shape index (κ3) is 7.34. The Morgan fingerprint density at radius 1 is 1.39 bits per heavy atom. The van der Waals surface area contributed by atoms with E-state index in [0.29, 0.717) is 13.2 Å². The van der Waals surface area contributed by atoms with Crippen LogP contribution in [0, 0.1) is 11.7 Å². The lowest BCUT2D eigenvalue weighted by Gasteiger charge is -2.24. The molecule has 2 atom stereocenters. The van der Waals surface area contributed by atoms with E-state index in [2.05, 4.69) is 0 Å². The molecule has 8 nitrogen and oxygen atoms in total. The largest absolute Gasteiger partial charge is 0.748 e. The third-order valence-electron chi connectivity index (χ3n) is 3.99. The maximum Gasteiger partial charge on any atom is 0.338 e. The van der Waals surface area contributed by atoms with E-state index in [1.165, 1.54) is 6.07 Å². The average Bonchev–Trinajstić information content (AvgIpc) is 3.12. The zero-order valence-corrected chi connectivity index (χ0v) is 16.6. The summed E-state index contributed by atoms with van der Waals surface area (Å²) in [6.45, 7) is 4.11. The van der Waals surface area contributed by atoms with Crippen molar-refractivity contribution in [1.82, 2.24) is 0 Å². The van der Waals surface area contributed by atoms with Crippen molar-refractivity contribution < 1.29 is 41.1 Å². The van der Waals surface area contributed by atoms with Gasteiger partial charge in [-0.3, -0.25) is 0 Å². The van der Waals surface area contributed by atoms with E-state index in [-0.39, 0.29) is 23.3 Å². The molecule has 2 rings (SSSR count). The molecule has 0 spiro atoms. The molecule has 1 aliphatic heterocycles. The fraction of sp³-hybridized carbons (Fsp3) is 0.611. The molecule has 1 saturated heterocycles. The SMILES string of the molecule is CC(C)C(OCC1CCCO1)Oc1cc(C(=O)OCCS(=O)(=O)[O-])ccc1F. The number of hydrogen-bond acceptors (Lipinski definition) is 8. The minimum absolute atomic E-state index is 0.0201. The second-order valence-electron chi connectivity index (χ2n) is 6.74. The van der Waals surface area contributed by atoms with Gasteiger partial charge in [-0.2, -0.15) is 0 Å². The molecule has 0 N–H and O–H groups in total. The molecule has 1 aromatic carbocycles. The van der Waals surface area contributed by atoms with E-state index in [1.54, 1.807) is 0 Å². The number of hydrogen-bond donors (Lipinski definition) is 0. The highest BCUT2D eigenvalue weighted by atomic mass is 32.2. The summed E-state index contributed by atoms with van der Waals surface area (Å²) in [6.07, 6.45) is 1.08. The number of rotatable bonds is 10. The van der Waals surface area contributed by atoms with Gasteiger partial charge in [0.25, 0.3) is 0 Å². The number of halogens is 1. The lowest BCUT2D eigenvalue weighted by atomic mass is 10.2. The molecule has 0 aromatic heterocycles. The van der Waals surface area contributed by atoms with Crippen molar-refractivity contribution in [2.24, 2.45) is 5.92 Å². The Balaban J connectivity index is 2.00. The highest BCUT2D eigenvalue weighted by molar-refractivity contribution is 7.85. The molecule has 28 heavy (non-hydrogen) atoms. The molecule has 2 unspecified atom stereocenters. The Hall–Kier alpha value is -1.75. The molecule has 10 heteroatoms. The Kier molecular flexibility index (Phi) is 8.17. The van der Waals surface area contributed by atoms with Crippen molar-refractivity contribution in [2.75, 3.05) is 25.6 Å². The van der Waals surface area contributed by atoms with Gasteiger partial charge in [-0.05, 0) is 31.0 Å². The standard InChI is InChI=1S/C18H25FO8S/c1-12(2)18(26-11-14-4-3-7-24-14)27-16-10-13(5-6-15(16)19)17(20)25-8-9-28(21,22)23/h5-6,10,12,14,18H,3-4,7-9,11H2,1-2H3,(H,21,22,23)/p-1. The molecule has 1 aliphatic rings. The second-order valence-corrected chi connectivity index (χ2v) is 8.27. The summed E-state index contributed by atoms with van der Waals surface area (Å²) in [6, 6.07) is 3.36. The first-order valence-corrected chi connectivity index (χ1v) is 10.5. The molecular formula is C18H24FO8S-. The molecule has 1 fully saturated rings. The summed E-state index contributed by atoms with van der Waals surface area (Å²) >= 11 is 0. The topological polar surface area (TPSA) is 111 Å². The quantitative estimate of drug-likeness (QED) is 0.322. The van der Waals surface area contributed by atoms with E-state index >= 15 is 0 Å². The summed E-state index contributed by atoms with van der Waals surface area (Å²) in [5.74, 6) is -2.72. The smallest absolute Gasteiger partial charge is 0.338 e. The third-order valence-corrected chi connectivity index (χ3v) is 4.66. The Bertz CT molecular complexity index is 759. The van der Waals surface area contributed by atoms with Gasteiger partial charge in [-0.15, -0.1) is 0 Å². The molecule has 0 radical (unpaired) electrons. The highest BCUT2D eigenvalue weighted by Crippen LogP contribution is 2.24. The molecular weight excluding hydrogens is 395 g/mol. The van der Waals surface area contributed by atoms with Gasteiger partial charge in [-0.25, -0.2) is 17.6 Å². The minimum Gasteiger partial charge on any atom is -0.748 e. The molecule has 0 aliphatic carbocycles. The van der Waals surface area contributed by atoms with Crippen molar-refractivity contribution in [1.29, 1.82) is 0 Å². The van der Waals surface area contributed by atoms with Crippen LogP contribution in [0.3, 0.4) is 0 Å². The van der Waals surface area contributed by atoms with Crippen LogP contribution in [-0.4, -0.2) is 56.9 Å². The van der Waals surface area contributed by atoms with Crippen LogP contribution in [0.25, 0.3) is 0 Å². The summed E-state index contributed by atoms with van der Waals surface area (Å²) in [5.41, 5.74) is -0.0404. The van der Waals surface area contributed by atoms with Crippen LogP contribution in [0.15, 0.2) is 18.2 Å². The van der Waals surface area contributed by atoms with E-state index < -0.39 is 40.6 Å². The van der Waals surface area contributed by atoms with Gasteiger partial charge in [0.05, 0.1) is 34.1 Å². The van der Waals surface area contributed by atoms with Crippen LogP contribution < -0.4 is 4.74 Å². The van der Waals surface area contributed by atoms with Gasteiger partial charge < -0.3 is 23.5 Å². The zero-order valence-electron chi connectivity index (χ0n) is 15.8. The number of carbonyl (C=O) groups excluding carboxylic acids is 1. The zero-order chi connectivity index (χ0) is 20.7. The molecule has 1 heterocycles. The van der Waals surface area contributed by atoms with E-state index in [4.69, 9.17) is 18.9 Å². The van der Waals surface area contributed by atoms with Gasteiger partial charge in [0.1, 0.15) is 6.61 Å². The summed E-state index contributed by atoms with van der Waals surface area (Å²) in [5, 5.41) is 0. The first-order chi connectivity index (χ1) is 13.2. The van der Waals surface area contributed by atoms with Crippen LogP contribution in [0.4, 0.5) is 4.39 Å². The van der Waals surface area contributed by atoms with Gasteiger partial charge in [0, 0.05) is 12.5 Å². The number of benzene rings is 1. The van der Waals surface area contributed by atoms with Crippen LogP contribution >= 0.6 is 0 Å². The number of carbonyl (C=O) groups is 1. The maximum atomic E-state index is 14.1. The molecule has 0 amide bonds. The second kappa shape index (κ2) is 10.1. The van der Waals surface area contributed by atoms with Gasteiger partial charge in [0.15, 0.2) is 11.6 Å². The average molecular weight is 419 g/mol. The van der Waals surface area contributed by atoms with Gasteiger partial charge in [-0.1, -0.05) is 13.8 Å².